The van der Waals surface area contributed by atoms with Crippen LogP contribution in [0.4, 0.5) is 5.82 Å². The predicted octanol–water partition coefficient (Wildman–Crippen LogP) is 3.24. The highest BCUT2D eigenvalue weighted by atomic mass is 16.5. The van der Waals surface area contributed by atoms with E-state index < -0.39 is 0 Å². The Balaban J connectivity index is 1.04. The zero-order valence-electron chi connectivity index (χ0n) is 21.5. The summed E-state index contributed by atoms with van der Waals surface area (Å²) in [7, 11) is 0. The molecule has 2 aromatic rings. The number of aromatic nitrogens is 1. The van der Waals surface area contributed by atoms with Gasteiger partial charge in [-0.05, 0) is 73.5 Å². The van der Waals surface area contributed by atoms with E-state index in [-0.39, 0.29) is 17.9 Å². The van der Waals surface area contributed by atoms with Gasteiger partial charge >= 0.3 is 0 Å². The summed E-state index contributed by atoms with van der Waals surface area (Å²) in [6, 6.07) is 10.9. The van der Waals surface area contributed by atoms with Crippen LogP contribution >= 0.6 is 0 Å². The Morgan fingerprint density at radius 1 is 0.946 bits per heavy atom. The molecule has 0 spiro atoms. The van der Waals surface area contributed by atoms with Crippen LogP contribution in [0.2, 0.25) is 0 Å². The van der Waals surface area contributed by atoms with E-state index in [1.165, 1.54) is 42.4 Å². The van der Waals surface area contributed by atoms with E-state index >= 15 is 0 Å². The van der Waals surface area contributed by atoms with Gasteiger partial charge in [0.15, 0.2) is 0 Å². The summed E-state index contributed by atoms with van der Waals surface area (Å²) in [6.45, 7) is 6.37. The monoisotopic (exact) mass is 503 g/mol. The number of nitrogens with one attached hydrogen (secondary N) is 1. The van der Waals surface area contributed by atoms with Crippen LogP contribution in [0, 0.1) is 0 Å². The molecule has 5 heterocycles. The fourth-order valence-electron chi connectivity index (χ4n) is 6.27. The summed E-state index contributed by atoms with van der Waals surface area (Å²) < 4.78 is 6.33. The molecule has 2 amide bonds. The van der Waals surface area contributed by atoms with Gasteiger partial charge in [-0.3, -0.25) is 24.7 Å². The van der Waals surface area contributed by atoms with Crippen LogP contribution in [0.3, 0.4) is 0 Å². The van der Waals surface area contributed by atoms with Gasteiger partial charge < -0.3 is 9.64 Å². The van der Waals surface area contributed by atoms with Crippen LogP contribution in [-0.2, 0) is 29.2 Å². The summed E-state index contributed by atoms with van der Waals surface area (Å²) in [5.74, 6) is 1.66. The Morgan fingerprint density at radius 2 is 1.78 bits per heavy atom. The molecule has 0 saturated carbocycles. The van der Waals surface area contributed by atoms with E-state index in [2.05, 4.69) is 56.5 Å². The minimum absolute atomic E-state index is 0.166. The van der Waals surface area contributed by atoms with Crippen LogP contribution in [0.15, 0.2) is 36.5 Å². The number of hydrogen-bond donors (Lipinski definition) is 1. The Bertz CT molecular complexity index is 1130. The molecule has 8 nitrogen and oxygen atoms in total. The number of piperidine rings is 2. The van der Waals surface area contributed by atoms with Crippen molar-refractivity contribution in [2.24, 2.45) is 0 Å². The first-order chi connectivity index (χ1) is 18.1. The number of anilines is 1. The topological polar surface area (TPSA) is 78.0 Å². The number of benzene rings is 1. The molecule has 1 aromatic heterocycles. The molecule has 2 atom stereocenters. The highest BCUT2D eigenvalue weighted by Gasteiger charge is 2.35. The van der Waals surface area contributed by atoms with Crippen molar-refractivity contribution < 1.29 is 14.3 Å². The summed E-state index contributed by atoms with van der Waals surface area (Å²) in [4.78, 5) is 35.7. The first-order valence-electron chi connectivity index (χ1n) is 13.9. The Hall–Kier alpha value is -2.97. The Morgan fingerprint density at radius 3 is 2.59 bits per heavy atom. The SMILES string of the molecule is O=C1CCC(N2Cc3ccc(OC[C@@H]4CCCCN4Cc4ccc(N5CCCC5)nc4)cc3C2)C(=O)N1. The van der Waals surface area contributed by atoms with E-state index in [4.69, 9.17) is 9.72 Å². The number of pyridine rings is 1. The molecule has 6 rings (SSSR count). The minimum Gasteiger partial charge on any atom is -0.492 e. The van der Waals surface area contributed by atoms with Gasteiger partial charge in [0, 0.05) is 51.4 Å². The normalized spacial score (nSPS) is 24.8. The first kappa shape index (κ1) is 24.4. The summed E-state index contributed by atoms with van der Waals surface area (Å²) in [6.07, 6.45) is 9.20. The Kier molecular flexibility index (Phi) is 7.11. The van der Waals surface area contributed by atoms with Gasteiger partial charge in [-0.15, -0.1) is 0 Å². The predicted molar refractivity (Wildman–Crippen MR) is 141 cm³/mol. The standard InChI is InChI=1S/C29H37N5O3/c35-28-11-9-26(29(36)31-28)34-18-22-7-8-25(15-23(22)19-34)37-20-24-5-1-2-14-33(24)17-21-6-10-27(30-16-21)32-12-3-4-13-32/h6-8,10,15-16,24,26H,1-5,9,11-14,17-20H2,(H,31,35,36)/t24-,26?/m0/s1. The fourth-order valence-corrected chi connectivity index (χ4v) is 6.27. The lowest BCUT2D eigenvalue weighted by Crippen LogP contribution is -2.50. The van der Waals surface area contributed by atoms with E-state index in [9.17, 15) is 9.59 Å². The van der Waals surface area contributed by atoms with Crippen molar-refractivity contribution in [1.29, 1.82) is 0 Å². The molecule has 1 unspecified atom stereocenters. The third-order valence-corrected chi connectivity index (χ3v) is 8.39. The lowest BCUT2D eigenvalue weighted by Gasteiger charge is -2.35. The molecule has 8 heteroatoms. The van der Waals surface area contributed by atoms with E-state index in [1.54, 1.807) is 0 Å². The summed E-state index contributed by atoms with van der Waals surface area (Å²) in [5, 5.41) is 2.48. The average Bonchev–Trinajstić information content (AvgIpc) is 3.59. The van der Waals surface area contributed by atoms with Crippen LogP contribution in [0.5, 0.6) is 5.75 Å². The highest BCUT2D eigenvalue weighted by Crippen LogP contribution is 2.30. The lowest BCUT2D eigenvalue weighted by molar-refractivity contribution is -0.137. The number of hydrogen-bond acceptors (Lipinski definition) is 7. The van der Waals surface area contributed by atoms with Gasteiger partial charge in [-0.2, -0.15) is 0 Å². The fraction of sp³-hybridized carbons (Fsp3) is 0.552. The van der Waals surface area contributed by atoms with Crippen LogP contribution in [0.25, 0.3) is 0 Å². The molecular formula is C29H37N5O3. The maximum absolute atomic E-state index is 12.3. The van der Waals surface area contributed by atoms with Gasteiger partial charge in [0.25, 0.3) is 0 Å². The second kappa shape index (κ2) is 10.8. The van der Waals surface area contributed by atoms with Gasteiger partial charge in [0.05, 0.1) is 6.04 Å². The van der Waals surface area contributed by atoms with Crippen molar-refractivity contribution in [1.82, 2.24) is 20.1 Å². The summed E-state index contributed by atoms with van der Waals surface area (Å²) in [5.41, 5.74) is 3.72. The van der Waals surface area contributed by atoms with Crippen molar-refractivity contribution in [3.63, 3.8) is 0 Å². The third kappa shape index (κ3) is 5.50. The van der Waals surface area contributed by atoms with Crippen molar-refractivity contribution in [3.05, 3.63) is 53.2 Å². The van der Waals surface area contributed by atoms with Gasteiger partial charge in [-0.1, -0.05) is 18.6 Å². The van der Waals surface area contributed by atoms with Crippen molar-refractivity contribution in [3.8, 4) is 5.75 Å². The maximum atomic E-state index is 12.3. The zero-order valence-corrected chi connectivity index (χ0v) is 21.5. The van der Waals surface area contributed by atoms with Crippen molar-refractivity contribution in [2.45, 2.75) is 76.7 Å². The number of carbonyl (C=O) groups is 2. The highest BCUT2D eigenvalue weighted by molar-refractivity contribution is 6.00. The molecule has 1 N–H and O–H groups in total. The molecule has 0 bridgehead atoms. The molecule has 196 valence electrons. The summed E-state index contributed by atoms with van der Waals surface area (Å²) >= 11 is 0. The maximum Gasteiger partial charge on any atom is 0.243 e. The molecule has 0 radical (unpaired) electrons. The number of fused-ring (bicyclic) bond motifs is 1. The largest absolute Gasteiger partial charge is 0.492 e. The second-order valence-corrected chi connectivity index (χ2v) is 11.0. The molecule has 37 heavy (non-hydrogen) atoms. The van der Waals surface area contributed by atoms with Crippen molar-refractivity contribution in [2.75, 3.05) is 31.1 Å². The zero-order chi connectivity index (χ0) is 25.2. The molecule has 4 aliphatic heterocycles. The molecule has 0 aliphatic carbocycles. The van der Waals surface area contributed by atoms with Gasteiger partial charge in [-0.25, -0.2) is 4.98 Å². The number of ether oxygens (including phenoxy) is 1. The smallest absolute Gasteiger partial charge is 0.243 e. The van der Waals surface area contributed by atoms with Crippen LogP contribution in [-0.4, -0.2) is 64.9 Å². The van der Waals surface area contributed by atoms with Gasteiger partial charge in [0.1, 0.15) is 18.2 Å². The van der Waals surface area contributed by atoms with Crippen molar-refractivity contribution >= 4 is 17.6 Å². The second-order valence-electron chi connectivity index (χ2n) is 11.0. The van der Waals surface area contributed by atoms with Crippen LogP contribution < -0.4 is 15.0 Å². The molecular weight excluding hydrogens is 466 g/mol. The number of nitrogens with zero attached hydrogens (tertiary/aromatic N) is 4. The number of carbonyl (C=O) groups excluding carboxylic acids is 2. The van der Waals surface area contributed by atoms with E-state index in [0.717, 1.165) is 57.3 Å². The first-order valence-corrected chi connectivity index (χ1v) is 13.9. The Labute approximate surface area is 219 Å². The third-order valence-electron chi connectivity index (χ3n) is 8.39. The molecule has 1 aromatic carbocycles. The lowest BCUT2D eigenvalue weighted by atomic mass is 10.0. The van der Waals surface area contributed by atoms with E-state index in [0.29, 0.717) is 25.5 Å². The average molecular weight is 504 g/mol. The number of rotatable bonds is 7. The molecule has 4 aliphatic rings. The minimum atomic E-state index is -0.232. The van der Waals surface area contributed by atoms with E-state index in [1.807, 2.05) is 0 Å². The number of amides is 2. The number of likely N-dealkylation sites (tertiary alicyclic amines) is 1. The quantitative estimate of drug-likeness (QED) is 0.581. The molecule has 3 fully saturated rings. The van der Waals surface area contributed by atoms with Crippen LogP contribution in [0.1, 0.15) is 61.6 Å². The number of imide groups is 1. The molecule has 3 saturated heterocycles. The van der Waals surface area contributed by atoms with Gasteiger partial charge in [0.2, 0.25) is 11.8 Å².